The number of alkyl halides is 3. The van der Waals surface area contributed by atoms with Crippen LogP contribution in [0.3, 0.4) is 0 Å². The number of nitrogens with zero attached hydrogens (tertiary/aromatic N) is 3. The van der Waals surface area contributed by atoms with Crippen LogP contribution in [0.1, 0.15) is 11.1 Å². The second-order valence-corrected chi connectivity index (χ2v) is 7.40. The van der Waals surface area contributed by atoms with Crippen molar-refractivity contribution in [3.8, 4) is 17.3 Å². The fourth-order valence-corrected chi connectivity index (χ4v) is 3.63. The number of tetrazole rings is 1. The van der Waals surface area contributed by atoms with E-state index in [9.17, 15) is 13.2 Å². The third-order valence-corrected chi connectivity index (χ3v) is 5.13. The molecule has 0 atom stereocenters. The van der Waals surface area contributed by atoms with Gasteiger partial charge in [0.1, 0.15) is 11.3 Å². The second-order valence-electron chi connectivity index (χ2n) is 6.14. The van der Waals surface area contributed by atoms with Crippen molar-refractivity contribution in [2.75, 3.05) is 0 Å². The van der Waals surface area contributed by atoms with Gasteiger partial charge in [0.2, 0.25) is 5.82 Å². The molecule has 0 fully saturated rings. The van der Waals surface area contributed by atoms with Crippen LogP contribution in [0.15, 0.2) is 45.3 Å². The fourth-order valence-electron chi connectivity index (χ4n) is 2.86. The highest BCUT2D eigenvalue weighted by Gasteiger charge is 2.31. The van der Waals surface area contributed by atoms with E-state index in [1.807, 2.05) is 6.07 Å². The number of rotatable bonds is 5. The van der Waals surface area contributed by atoms with Gasteiger partial charge < -0.3 is 9.15 Å². The smallest absolute Gasteiger partial charge is 0.453 e. The molecule has 11 heteroatoms. The Labute approximate surface area is 175 Å². The molecule has 0 aliphatic rings. The van der Waals surface area contributed by atoms with Crippen molar-refractivity contribution in [2.24, 2.45) is 0 Å². The van der Waals surface area contributed by atoms with Gasteiger partial charge in [0.05, 0.1) is 4.47 Å². The van der Waals surface area contributed by atoms with E-state index in [1.54, 1.807) is 24.3 Å². The minimum Gasteiger partial charge on any atom is -0.453 e. The molecule has 0 saturated heterocycles. The van der Waals surface area contributed by atoms with E-state index in [0.717, 1.165) is 16.5 Å². The van der Waals surface area contributed by atoms with Gasteiger partial charge in [-0.05, 0) is 75.4 Å². The number of aromatic nitrogens is 4. The molecule has 0 spiro atoms. The van der Waals surface area contributed by atoms with Crippen molar-refractivity contribution in [3.63, 3.8) is 0 Å². The van der Waals surface area contributed by atoms with Crippen LogP contribution in [0.2, 0.25) is 5.02 Å². The maximum absolute atomic E-state index is 12.4. The Hall–Kier alpha value is -2.59. The molecule has 6 nitrogen and oxygen atoms in total. The standard InChI is InChI=1S/C18H11BrClF3N4O2/c19-12-5-9(2-4-14(12)29-18(21,22)23)1-3-10-7-15-11(6-13(10)20)8-16(28-15)17-24-26-27-25-17/h2,4-8H,1,3H2,(H,24,25,26,27). The average Bonchev–Trinajstić information content (AvgIpc) is 3.30. The van der Waals surface area contributed by atoms with Crippen molar-refractivity contribution in [1.29, 1.82) is 0 Å². The zero-order valence-electron chi connectivity index (χ0n) is 14.4. The third kappa shape index (κ3) is 4.54. The van der Waals surface area contributed by atoms with E-state index < -0.39 is 6.36 Å². The number of ether oxygens (including phenoxy) is 1. The summed E-state index contributed by atoms with van der Waals surface area (Å²) in [5.41, 5.74) is 2.30. The third-order valence-electron chi connectivity index (χ3n) is 4.16. The van der Waals surface area contributed by atoms with Crippen LogP contribution in [0.5, 0.6) is 5.75 Å². The number of nitrogens with one attached hydrogen (secondary N) is 1. The number of hydrogen-bond donors (Lipinski definition) is 1. The Morgan fingerprint density at radius 1 is 1.14 bits per heavy atom. The van der Waals surface area contributed by atoms with Gasteiger partial charge >= 0.3 is 6.36 Å². The summed E-state index contributed by atoms with van der Waals surface area (Å²) in [6.45, 7) is 0. The zero-order valence-corrected chi connectivity index (χ0v) is 16.8. The fraction of sp³-hybridized carbons (Fsp3) is 0.167. The number of aryl methyl sites for hydroxylation is 2. The molecule has 0 radical (unpaired) electrons. The Morgan fingerprint density at radius 2 is 1.97 bits per heavy atom. The molecule has 0 aliphatic carbocycles. The van der Waals surface area contributed by atoms with Crippen LogP contribution >= 0.6 is 27.5 Å². The molecule has 4 aromatic rings. The summed E-state index contributed by atoms with van der Waals surface area (Å²) in [5.74, 6) is 0.515. The zero-order chi connectivity index (χ0) is 20.6. The predicted molar refractivity (Wildman–Crippen MR) is 103 cm³/mol. The minimum absolute atomic E-state index is 0.227. The summed E-state index contributed by atoms with van der Waals surface area (Å²) in [6, 6.07) is 9.84. The molecule has 2 heterocycles. The van der Waals surface area contributed by atoms with Gasteiger partial charge in [-0.2, -0.15) is 5.21 Å². The van der Waals surface area contributed by atoms with Crippen LogP contribution in [-0.2, 0) is 12.8 Å². The second kappa shape index (κ2) is 7.68. The maximum atomic E-state index is 12.4. The molecule has 4 rings (SSSR count). The predicted octanol–water partition coefficient (Wildman–Crippen LogP) is 5.71. The number of hydrogen-bond acceptors (Lipinski definition) is 5. The lowest BCUT2D eigenvalue weighted by Crippen LogP contribution is -2.17. The molecule has 150 valence electrons. The van der Waals surface area contributed by atoms with E-state index in [0.29, 0.717) is 35.0 Å². The first-order valence-corrected chi connectivity index (χ1v) is 9.45. The molecule has 29 heavy (non-hydrogen) atoms. The number of H-pyrrole nitrogens is 1. The van der Waals surface area contributed by atoms with Crippen LogP contribution in [0.4, 0.5) is 13.2 Å². The highest BCUT2D eigenvalue weighted by Crippen LogP contribution is 2.33. The maximum Gasteiger partial charge on any atom is 0.573 e. The first kappa shape index (κ1) is 19.7. The average molecular weight is 488 g/mol. The Balaban J connectivity index is 1.52. The van der Waals surface area contributed by atoms with Crippen molar-refractivity contribution in [1.82, 2.24) is 20.6 Å². The number of benzene rings is 2. The molecular weight excluding hydrogens is 477 g/mol. The quantitative estimate of drug-likeness (QED) is 0.390. The topological polar surface area (TPSA) is 76.8 Å². The molecule has 2 aromatic heterocycles. The summed E-state index contributed by atoms with van der Waals surface area (Å²) >= 11 is 9.50. The Bertz CT molecular complexity index is 1160. The van der Waals surface area contributed by atoms with Gasteiger partial charge in [-0.15, -0.1) is 23.4 Å². The molecule has 0 saturated carbocycles. The highest BCUT2D eigenvalue weighted by atomic mass is 79.9. The molecule has 1 N–H and O–H groups in total. The normalized spacial score (nSPS) is 11.9. The van der Waals surface area contributed by atoms with Gasteiger partial charge in [0, 0.05) is 10.4 Å². The molecule has 2 aromatic carbocycles. The number of halogens is 5. The van der Waals surface area contributed by atoms with Gasteiger partial charge in [-0.1, -0.05) is 17.7 Å². The van der Waals surface area contributed by atoms with Crippen molar-refractivity contribution < 1.29 is 22.3 Å². The van der Waals surface area contributed by atoms with Gasteiger partial charge in [-0.25, -0.2) is 0 Å². The van der Waals surface area contributed by atoms with Crippen LogP contribution in [0, 0.1) is 0 Å². The SMILES string of the molecule is FC(F)(F)Oc1ccc(CCc2cc3oc(-c4nn[nH]n4)cc3cc2Cl)cc1Br. The molecule has 0 aliphatic heterocycles. The van der Waals surface area contributed by atoms with E-state index >= 15 is 0 Å². The van der Waals surface area contributed by atoms with E-state index in [1.165, 1.54) is 6.07 Å². The molecule has 0 unspecified atom stereocenters. The first-order chi connectivity index (χ1) is 13.8. The van der Waals surface area contributed by atoms with E-state index in [2.05, 4.69) is 41.3 Å². The van der Waals surface area contributed by atoms with Crippen LogP contribution < -0.4 is 4.74 Å². The molecule has 0 amide bonds. The first-order valence-electron chi connectivity index (χ1n) is 8.28. The monoisotopic (exact) mass is 486 g/mol. The van der Waals surface area contributed by atoms with Crippen LogP contribution in [-0.4, -0.2) is 27.0 Å². The van der Waals surface area contributed by atoms with Crippen molar-refractivity contribution >= 4 is 38.5 Å². The van der Waals surface area contributed by atoms with Crippen molar-refractivity contribution in [2.45, 2.75) is 19.2 Å². The summed E-state index contributed by atoms with van der Waals surface area (Å²) in [6.07, 6.45) is -3.61. The van der Waals surface area contributed by atoms with Gasteiger partial charge in [0.25, 0.3) is 0 Å². The highest BCUT2D eigenvalue weighted by molar-refractivity contribution is 9.10. The summed E-state index contributed by atoms with van der Waals surface area (Å²) < 4.78 is 47.1. The number of fused-ring (bicyclic) bond motifs is 1. The Morgan fingerprint density at radius 3 is 2.66 bits per heavy atom. The van der Waals surface area contributed by atoms with E-state index in [-0.39, 0.29) is 10.2 Å². The summed E-state index contributed by atoms with van der Waals surface area (Å²) in [7, 11) is 0. The van der Waals surface area contributed by atoms with Gasteiger partial charge in [-0.3, -0.25) is 0 Å². The Kier molecular flexibility index (Phi) is 5.22. The molecule has 0 bridgehead atoms. The lowest BCUT2D eigenvalue weighted by atomic mass is 10.0. The largest absolute Gasteiger partial charge is 0.573 e. The summed E-state index contributed by atoms with van der Waals surface area (Å²) in [4.78, 5) is 0. The lowest BCUT2D eigenvalue weighted by Gasteiger charge is -2.12. The lowest BCUT2D eigenvalue weighted by molar-refractivity contribution is -0.274. The molecular formula is C18H11BrClF3N4O2. The minimum atomic E-state index is -4.74. The van der Waals surface area contributed by atoms with Crippen LogP contribution in [0.25, 0.3) is 22.6 Å². The van der Waals surface area contributed by atoms with Gasteiger partial charge in [0.15, 0.2) is 5.76 Å². The van der Waals surface area contributed by atoms with E-state index in [4.69, 9.17) is 16.0 Å². The number of furan rings is 1. The van der Waals surface area contributed by atoms with Crippen molar-refractivity contribution in [3.05, 3.63) is 57.0 Å². The number of aromatic amines is 1. The summed E-state index contributed by atoms with van der Waals surface area (Å²) in [5, 5.41) is 15.0.